The van der Waals surface area contributed by atoms with Crippen molar-refractivity contribution >= 4 is 6.09 Å². The number of hydrogen-bond acceptors (Lipinski definition) is 5. The van der Waals surface area contributed by atoms with Crippen LogP contribution in [0.5, 0.6) is 0 Å². The number of ether oxygens (including phenoxy) is 1. The zero-order valence-corrected chi connectivity index (χ0v) is 9.69. The number of hydrogen-bond donors (Lipinski definition) is 2. The summed E-state index contributed by atoms with van der Waals surface area (Å²) in [5.74, 6) is 4.79. The average molecular weight is 220 g/mol. The molecule has 1 amide bonds. The normalized spacial score (nSPS) is 13.5. The fourth-order valence-electron chi connectivity index (χ4n) is 0.894. The minimum Gasteiger partial charge on any atom is -0.444 e. The van der Waals surface area contributed by atoms with Gasteiger partial charge in [-0.1, -0.05) is 0 Å². The third-order valence-electron chi connectivity index (χ3n) is 1.48. The zero-order valence-electron chi connectivity index (χ0n) is 9.69. The standard InChI is InChI=1S/C9H20N2O4/c1-9(2,3)15-8(13)11(4)5-7(12)6-14-10/h7,12H,5-6,10H2,1-4H3. The Kier molecular flexibility index (Phi) is 5.56. The van der Waals surface area contributed by atoms with Gasteiger partial charge in [0.05, 0.1) is 19.3 Å². The van der Waals surface area contributed by atoms with Crippen LogP contribution in [-0.2, 0) is 9.57 Å². The third-order valence-corrected chi connectivity index (χ3v) is 1.48. The van der Waals surface area contributed by atoms with Gasteiger partial charge in [-0.15, -0.1) is 0 Å². The van der Waals surface area contributed by atoms with Crippen molar-refractivity contribution in [2.45, 2.75) is 32.5 Å². The van der Waals surface area contributed by atoms with Crippen LogP contribution in [0.1, 0.15) is 20.8 Å². The molecule has 0 aromatic carbocycles. The highest BCUT2D eigenvalue weighted by atomic mass is 16.6. The Morgan fingerprint density at radius 1 is 1.53 bits per heavy atom. The van der Waals surface area contributed by atoms with Gasteiger partial charge in [-0.25, -0.2) is 10.7 Å². The molecule has 0 saturated carbocycles. The van der Waals surface area contributed by atoms with Gasteiger partial charge in [0, 0.05) is 7.05 Å². The molecule has 0 saturated heterocycles. The van der Waals surface area contributed by atoms with Gasteiger partial charge in [0.15, 0.2) is 0 Å². The average Bonchev–Trinajstić information content (AvgIpc) is 2.00. The molecular weight excluding hydrogens is 200 g/mol. The number of nitrogens with zero attached hydrogens (tertiary/aromatic N) is 1. The van der Waals surface area contributed by atoms with Crippen molar-refractivity contribution in [1.29, 1.82) is 0 Å². The molecule has 0 fully saturated rings. The molecule has 0 aliphatic heterocycles. The van der Waals surface area contributed by atoms with E-state index in [2.05, 4.69) is 4.84 Å². The first-order valence-electron chi connectivity index (χ1n) is 4.70. The number of nitrogens with two attached hydrogens (primary N) is 1. The smallest absolute Gasteiger partial charge is 0.410 e. The van der Waals surface area contributed by atoms with E-state index in [1.165, 1.54) is 11.9 Å². The minimum absolute atomic E-state index is 0.0207. The highest BCUT2D eigenvalue weighted by Crippen LogP contribution is 2.09. The summed E-state index contributed by atoms with van der Waals surface area (Å²) in [6.45, 7) is 5.42. The van der Waals surface area contributed by atoms with Crippen molar-refractivity contribution in [3.05, 3.63) is 0 Å². The van der Waals surface area contributed by atoms with Gasteiger partial charge in [0.1, 0.15) is 5.60 Å². The Balaban J connectivity index is 3.99. The number of rotatable bonds is 4. The van der Waals surface area contributed by atoms with Crippen molar-refractivity contribution < 1.29 is 19.5 Å². The summed E-state index contributed by atoms with van der Waals surface area (Å²) in [4.78, 5) is 16.9. The molecule has 0 aliphatic carbocycles. The SMILES string of the molecule is CN(CC(O)CON)C(=O)OC(C)(C)C. The van der Waals surface area contributed by atoms with Gasteiger partial charge in [-0.3, -0.25) is 0 Å². The number of aliphatic hydroxyl groups excluding tert-OH is 1. The first-order valence-corrected chi connectivity index (χ1v) is 4.70. The van der Waals surface area contributed by atoms with Gasteiger partial charge in [-0.05, 0) is 20.8 Å². The van der Waals surface area contributed by atoms with Crippen molar-refractivity contribution in [2.75, 3.05) is 20.2 Å². The summed E-state index contributed by atoms with van der Waals surface area (Å²) in [5.41, 5.74) is -0.541. The monoisotopic (exact) mass is 220 g/mol. The molecule has 0 spiro atoms. The first kappa shape index (κ1) is 14.2. The topological polar surface area (TPSA) is 85.0 Å². The van der Waals surface area contributed by atoms with Crippen LogP contribution < -0.4 is 5.90 Å². The van der Waals surface area contributed by atoms with Crippen molar-refractivity contribution in [3.63, 3.8) is 0 Å². The van der Waals surface area contributed by atoms with Gasteiger partial charge in [0.25, 0.3) is 0 Å². The molecule has 0 aromatic heterocycles. The van der Waals surface area contributed by atoms with Crippen LogP contribution in [-0.4, -0.2) is 48.0 Å². The number of carbonyl (C=O) groups is 1. The van der Waals surface area contributed by atoms with E-state index >= 15 is 0 Å². The van der Waals surface area contributed by atoms with Crippen LogP contribution in [0.3, 0.4) is 0 Å². The van der Waals surface area contributed by atoms with Gasteiger partial charge in [0.2, 0.25) is 0 Å². The van der Waals surface area contributed by atoms with Crippen molar-refractivity contribution in [1.82, 2.24) is 4.90 Å². The van der Waals surface area contributed by atoms with Gasteiger partial charge in [-0.2, -0.15) is 0 Å². The molecule has 3 N–H and O–H groups in total. The summed E-state index contributed by atoms with van der Waals surface area (Å²) in [7, 11) is 1.54. The van der Waals surface area contributed by atoms with E-state index in [1.54, 1.807) is 20.8 Å². The van der Waals surface area contributed by atoms with E-state index in [4.69, 9.17) is 10.6 Å². The summed E-state index contributed by atoms with van der Waals surface area (Å²) in [6, 6.07) is 0. The maximum atomic E-state index is 11.4. The molecule has 0 heterocycles. The first-order chi connectivity index (χ1) is 6.76. The summed E-state index contributed by atoms with van der Waals surface area (Å²) in [6.07, 6.45) is -1.30. The quantitative estimate of drug-likeness (QED) is 0.656. The minimum atomic E-state index is -0.812. The maximum absolute atomic E-state index is 11.4. The number of carbonyl (C=O) groups excluding carboxylic acids is 1. The number of amides is 1. The Labute approximate surface area is 89.9 Å². The fourth-order valence-corrected chi connectivity index (χ4v) is 0.894. The van der Waals surface area contributed by atoms with Crippen LogP contribution in [0.2, 0.25) is 0 Å². The zero-order chi connectivity index (χ0) is 12.1. The molecule has 0 aliphatic rings. The van der Waals surface area contributed by atoms with E-state index in [9.17, 15) is 9.90 Å². The van der Waals surface area contributed by atoms with E-state index < -0.39 is 17.8 Å². The Bertz CT molecular complexity index is 203. The molecule has 6 nitrogen and oxygen atoms in total. The largest absolute Gasteiger partial charge is 0.444 e. The molecule has 0 rings (SSSR count). The lowest BCUT2D eigenvalue weighted by molar-refractivity contribution is 0.000240. The predicted octanol–water partition coefficient (Wildman–Crippen LogP) is 0.104. The van der Waals surface area contributed by atoms with E-state index in [0.29, 0.717) is 0 Å². The Hall–Kier alpha value is -0.850. The third kappa shape index (κ3) is 7.12. The lowest BCUT2D eigenvalue weighted by atomic mass is 10.2. The van der Waals surface area contributed by atoms with Crippen LogP contribution in [0.25, 0.3) is 0 Å². The number of likely N-dealkylation sites (N-methyl/N-ethyl adjacent to an activating group) is 1. The van der Waals surface area contributed by atoms with Gasteiger partial charge >= 0.3 is 6.09 Å². The van der Waals surface area contributed by atoms with Crippen LogP contribution >= 0.6 is 0 Å². The highest BCUT2D eigenvalue weighted by molar-refractivity contribution is 5.67. The van der Waals surface area contributed by atoms with Crippen LogP contribution in [0, 0.1) is 0 Å². The molecule has 0 radical (unpaired) electrons. The van der Waals surface area contributed by atoms with Crippen LogP contribution in [0.15, 0.2) is 0 Å². The Morgan fingerprint density at radius 2 is 2.07 bits per heavy atom. The van der Waals surface area contributed by atoms with Crippen molar-refractivity contribution in [3.8, 4) is 0 Å². The molecule has 6 heteroatoms. The highest BCUT2D eigenvalue weighted by Gasteiger charge is 2.21. The maximum Gasteiger partial charge on any atom is 0.410 e. The second-order valence-electron chi connectivity index (χ2n) is 4.35. The molecule has 15 heavy (non-hydrogen) atoms. The molecule has 0 aromatic rings. The fraction of sp³-hybridized carbons (Fsp3) is 0.889. The lowest BCUT2D eigenvalue weighted by Gasteiger charge is -2.25. The van der Waals surface area contributed by atoms with Crippen LogP contribution in [0.4, 0.5) is 4.79 Å². The van der Waals surface area contributed by atoms with Gasteiger partial charge < -0.3 is 19.6 Å². The second-order valence-corrected chi connectivity index (χ2v) is 4.35. The van der Waals surface area contributed by atoms with Crippen molar-refractivity contribution in [2.24, 2.45) is 5.90 Å². The second kappa shape index (κ2) is 5.89. The Morgan fingerprint density at radius 3 is 2.47 bits per heavy atom. The molecule has 1 unspecified atom stereocenters. The summed E-state index contributed by atoms with van der Waals surface area (Å²) < 4.78 is 5.08. The molecule has 90 valence electrons. The molecule has 1 atom stereocenters. The molecular formula is C9H20N2O4. The summed E-state index contributed by atoms with van der Waals surface area (Å²) in [5, 5.41) is 9.31. The number of aliphatic hydroxyl groups is 1. The van der Waals surface area contributed by atoms with E-state index in [0.717, 1.165) is 0 Å². The van der Waals surface area contributed by atoms with E-state index in [1.807, 2.05) is 0 Å². The molecule has 0 bridgehead atoms. The predicted molar refractivity (Wildman–Crippen MR) is 55.0 cm³/mol. The summed E-state index contributed by atoms with van der Waals surface area (Å²) >= 11 is 0. The van der Waals surface area contributed by atoms with E-state index in [-0.39, 0.29) is 13.2 Å². The lowest BCUT2D eigenvalue weighted by Crippen LogP contribution is -2.40.